The summed E-state index contributed by atoms with van der Waals surface area (Å²) in [5, 5.41) is 23.7. The second kappa shape index (κ2) is 7.43. The molecular weight excluding hydrogens is 382 g/mol. The molecule has 0 radical (unpaired) electrons. The number of nitrogens with zero attached hydrogens (tertiary/aromatic N) is 8. The van der Waals surface area contributed by atoms with Crippen LogP contribution in [0.25, 0.3) is 5.69 Å². The second-order valence-corrected chi connectivity index (χ2v) is 6.55. The molecule has 0 spiro atoms. The molecule has 0 saturated heterocycles. The van der Waals surface area contributed by atoms with Crippen molar-refractivity contribution >= 4 is 0 Å². The van der Waals surface area contributed by atoms with Crippen LogP contribution in [0.3, 0.4) is 0 Å². The fraction of sp³-hybridized carbons (Fsp3) is 0.222. The van der Waals surface area contributed by atoms with E-state index in [9.17, 15) is 13.9 Å². The minimum Gasteiger partial charge on any atom is -0.382 e. The predicted molar refractivity (Wildman–Crippen MR) is 95.6 cm³/mol. The lowest BCUT2D eigenvalue weighted by atomic mass is 9.80. The van der Waals surface area contributed by atoms with Crippen molar-refractivity contribution in [3.8, 4) is 5.69 Å². The van der Waals surface area contributed by atoms with E-state index in [1.165, 1.54) is 34.4 Å². The van der Waals surface area contributed by atoms with Gasteiger partial charge in [-0.05, 0) is 6.07 Å². The fourth-order valence-corrected chi connectivity index (χ4v) is 3.11. The Kier molecular flexibility index (Phi) is 4.80. The van der Waals surface area contributed by atoms with Crippen LogP contribution in [0.15, 0.2) is 55.8 Å². The van der Waals surface area contributed by atoms with Gasteiger partial charge in [0.2, 0.25) is 0 Å². The maximum Gasteiger partial charge on any atom is 0.137 e. The number of aromatic nitrogens is 8. The zero-order chi connectivity index (χ0) is 20.4. The molecule has 9 nitrogen and oxygen atoms in total. The molecule has 0 amide bonds. The molecule has 0 aliphatic rings. The summed E-state index contributed by atoms with van der Waals surface area (Å²) < 4.78 is 30.9. The third kappa shape index (κ3) is 3.59. The molecule has 2 atom stereocenters. The Labute approximate surface area is 163 Å². The molecule has 3 heterocycles. The van der Waals surface area contributed by atoms with Crippen molar-refractivity contribution in [2.45, 2.75) is 25.0 Å². The van der Waals surface area contributed by atoms with E-state index in [1.54, 1.807) is 25.5 Å². The standard InChI is InChI=1S/C18H16F2N8O/c1-12(17-7-28(26-25-17)14-5-21-9-22-6-14)18(29,8-27-11-23-10-24-27)15-3-2-13(19)4-16(15)20/h2-7,9-12,29H,8H2,1H3/t12-,18+/m0/s1. The van der Waals surface area contributed by atoms with Crippen molar-refractivity contribution in [2.24, 2.45) is 0 Å². The minimum absolute atomic E-state index is 0.0838. The summed E-state index contributed by atoms with van der Waals surface area (Å²) in [5.74, 6) is -2.34. The van der Waals surface area contributed by atoms with Crippen molar-refractivity contribution < 1.29 is 13.9 Å². The van der Waals surface area contributed by atoms with Gasteiger partial charge in [-0.2, -0.15) is 5.10 Å². The molecule has 0 fully saturated rings. The van der Waals surface area contributed by atoms with Crippen LogP contribution >= 0.6 is 0 Å². The van der Waals surface area contributed by atoms with E-state index >= 15 is 0 Å². The number of rotatable bonds is 6. The highest BCUT2D eigenvalue weighted by Gasteiger charge is 2.41. The maximum atomic E-state index is 14.6. The summed E-state index contributed by atoms with van der Waals surface area (Å²) in [6.07, 6.45) is 8.79. The number of hydrogen-bond donors (Lipinski definition) is 1. The molecular formula is C18H16F2N8O. The molecule has 1 aromatic carbocycles. The summed E-state index contributed by atoms with van der Waals surface area (Å²) in [6.45, 7) is 1.55. The van der Waals surface area contributed by atoms with E-state index in [1.807, 2.05) is 0 Å². The van der Waals surface area contributed by atoms with Gasteiger partial charge in [-0.1, -0.05) is 18.2 Å². The lowest BCUT2D eigenvalue weighted by Crippen LogP contribution is -2.38. The molecule has 3 aromatic heterocycles. The Morgan fingerprint density at radius 2 is 1.93 bits per heavy atom. The minimum atomic E-state index is -1.81. The highest BCUT2D eigenvalue weighted by molar-refractivity contribution is 5.30. The van der Waals surface area contributed by atoms with Gasteiger partial charge in [0.15, 0.2) is 0 Å². The van der Waals surface area contributed by atoms with Crippen LogP contribution in [0, 0.1) is 11.6 Å². The summed E-state index contributed by atoms with van der Waals surface area (Å²) in [5.41, 5.74) is -0.926. The molecule has 0 saturated carbocycles. The third-order valence-electron chi connectivity index (χ3n) is 4.75. The van der Waals surface area contributed by atoms with Gasteiger partial charge in [-0.25, -0.2) is 33.1 Å². The van der Waals surface area contributed by atoms with Crippen LogP contribution in [-0.4, -0.2) is 44.8 Å². The van der Waals surface area contributed by atoms with E-state index < -0.39 is 23.2 Å². The highest BCUT2D eigenvalue weighted by Crippen LogP contribution is 2.39. The van der Waals surface area contributed by atoms with Gasteiger partial charge >= 0.3 is 0 Å². The lowest BCUT2D eigenvalue weighted by molar-refractivity contribution is -0.0123. The fourth-order valence-electron chi connectivity index (χ4n) is 3.11. The molecule has 29 heavy (non-hydrogen) atoms. The summed E-state index contributed by atoms with van der Waals surface area (Å²) >= 11 is 0. The summed E-state index contributed by atoms with van der Waals surface area (Å²) in [6, 6.07) is 3.04. The average Bonchev–Trinajstić information content (AvgIpc) is 3.40. The van der Waals surface area contributed by atoms with Crippen molar-refractivity contribution in [1.29, 1.82) is 0 Å². The molecule has 1 N–H and O–H groups in total. The average molecular weight is 398 g/mol. The third-order valence-corrected chi connectivity index (χ3v) is 4.75. The lowest BCUT2D eigenvalue weighted by Gasteiger charge is -2.33. The van der Waals surface area contributed by atoms with E-state index in [0.29, 0.717) is 11.4 Å². The molecule has 0 aliphatic carbocycles. The van der Waals surface area contributed by atoms with Crippen molar-refractivity contribution in [2.75, 3.05) is 0 Å². The first-order valence-corrected chi connectivity index (χ1v) is 8.65. The first-order chi connectivity index (χ1) is 14.0. The van der Waals surface area contributed by atoms with Crippen LogP contribution in [0.5, 0.6) is 0 Å². The first kappa shape index (κ1) is 18.7. The Balaban J connectivity index is 1.75. The highest BCUT2D eigenvalue weighted by atomic mass is 19.1. The van der Waals surface area contributed by atoms with Gasteiger partial charge in [-0.15, -0.1) is 5.10 Å². The number of hydrogen-bond acceptors (Lipinski definition) is 7. The van der Waals surface area contributed by atoms with E-state index in [0.717, 1.165) is 12.1 Å². The summed E-state index contributed by atoms with van der Waals surface area (Å²) in [7, 11) is 0. The smallest absolute Gasteiger partial charge is 0.137 e. The Morgan fingerprint density at radius 3 is 2.62 bits per heavy atom. The molecule has 148 valence electrons. The van der Waals surface area contributed by atoms with Gasteiger partial charge in [-0.3, -0.25) is 0 Å². The van der Waals surface area contributed by atoms with Crippen LogP contribution < -0.4 is 0 Å². The van der Waals surface area contributed by atoms with Crippen molar-refractivity contribution in [3.63, 3.8) is 0 Å². The van der Waals surface area contributed by atoms with Gasteiger partial charge < -0.3 is 5.11 Å². The number of aliphatic hydroxyl groups is 1. The second-order valence-electron chi connectivity index (χ2n) is 6.55. The van der Waals surface area contributed by atoms with E-state index in [-0.39, 0.29) is 12.1 Å². The largest absolute Gasteiger partial charge is 0.382 e. The number of benzene rings is 1. The molecule has 0 unspecified atom stereocenters. The van der Waals surface area contributed by atoms with Crippen molar-refractivity contribution in [3.05, 3.63) is 78.7 Å². The molecule has 11 heteroatoms. The van der Waals surface area contributed by atoms with E-state index in [4.69, 9.17) is 0 Å². The van der Waals surface area contributed by atoms with Gasteiger partial charge in [0, 0.05) is 17.5 Å². The molecule has 0 bridgehead atoms. The zero-order valence-corrected chi connectivity index (χ0v) is 15.3. The topological polar surface area (TPSA) is 107 Å². The first-order valence-electron chi connectivity index (χ1n) is 8.65. The SMILES string of the molecule is C[C@@H](c1cn(-c2cncnc2)nn1)[C@](O)(Cn1cncn1)c1ccc(F)cc1F. The normalized spacial score (nSPS) is 14.5. The Bertz CT molecular complexity index is 1100. The molecule has 4 rings (SSSR count). The molecule has 0 aliphatic heterocycles. The quantitative estimate of drug-likeness (QED) is 0.526. The van der Waals surface area contributed by atoms with Crippen LogP contribution in [-0.2, 0) is 12.1 Å². The van der Waals surface area contributed by atoms with E-state index in [2.05, 4.69) is 30.4 Å². The number of halogens is 2. The maximum absolute atomic E-state index is 14.6. The van der Waals surface area contributed by atoms with Crippen molar-refractivity contribution in [1.82, 2.24) is 39.7 Å². The van der Waals surface area contributed by atoms with Gasteiger partial charge in [0.1, 0.15) is 41.9 Å². The summed E-state index contributed by atoms with van der Waals surface area (Å²) in [4.78, 5) is 11.7. The monoisotopic (exact) mass is 398 g/mol. The molecule has 4 aromatic rings. The predicted octanol–water partition coefficient (Wildman–Crippen LogP) is 1.62. The Hall–Kier alpha value is -3.60. The van der Waals surface area contributed by atoms with Crippen LogP contribution in [0.1, 0.15) is 24.1 Å². The zero-order valence-electron chi connectivity index (χ0n) is 15.3. The Morgan fingerprint density at radius 1 is 1.14 bits per heavy atom. The van der Waals surface area contributed by atoms with Gasteiger partial charge in [0.05, 0.1) is 30.8 Å². The van der Waals surface area contributed by atoms with Crippen LogP contribution in [0.2, 0.25) is 0 Å². The van der Waals surface area contributed by atoms with Crippen LogP contribution in [0.4, 0.5) is 8.78 Å². The van der Waals surface area contributed by atoms with Gasteiger partial charge in [0.25, 0.3) is 0 Å².